The number of carbonyl (C=O) groups is 1. The van der Waals surface area contributed by atoms with E-state index in [2.05, 4.69) is 10.3 Å². The molecule has 1 aromatic carbocycles. The molecule has 5 heteroatoms. The molecule has 0 aliphatic rings. The van der Waals surface area contributed by atoms with Crippen molar-refractivity contribution in [3.8, 4) is 0 Å². The zero-order valence-electron chi connectivity index (χ0n) is 11.0. The maximum absolute atomic E-state index is 12.0. The first-order valence-electron chi connectivity index (χ1n) is 6.43. The normalized spacial score (nSPS) is 11.8. The molecule has 1 aromatic heterocycles. The van der Waals surface area contributed by atoms with Gasteiger partial charge in [0.25, 0.3) is 5.91 Å². The van der Waals surface area contributed by atoms with E-state index in [9.17, 15) is 9.59 Å². The zero-order chi connectivity index (χ0) is 14.4. The van der Waals surface area contributed by atoms with Crippen LogP contribution in [0.3, 0.4) is 0 Å². The lowest BCUT2D eigenvalue weighted by atomic mass is 10.1. The molecule has 5 nitrogen and oxygen atoms in total. The summed E-state index contributed by atoms with van der Waals surface area (Å²) in [5, 5.41) is 2.82. The third-order valence-corrected chi connectivity index (χ3v) is 2.96. The molecule has 1 heterocycles. The summed E-state index contributed by atoms with van der Waals surface area (Å²) in [5.41, 5.74) is 6.73. The average molecular weight is 271 g/mol. The van der Waals surface area contributed by atoms with E-state index >= 15 is 0 Å². The fourth-order valence-corrected chi connectivity index (χ4v) is 1.94. The number of benzene rings is 1. The van der Waals surface area contributed by atoms with Gasteiger partial charge in [0.1, 0.15) is 5.69 Å². The van der Waals surface area contributed by atoms with Crippen LogP contribution in [-0.2, 0) is 6.42 Å². The molecule has 20 heavy (non-hydrogen) atoms. The Morgan fingerprint density at radius 2 is 1.90 bits per heavy atom. The third-order valence-electron chi connectivity index (χ3n) is 2.96. The number of nitrogens with one attached hydrogen (secondary N) is 2. The highest BCUT2D eigenvalue weighted by atomic mass is 16.2. The molecule has 1 unspecified atom stereocenters. The zero-order valence-corrected chi connectivity index (χ0v) is 11.0. The second-order valence-corrected chi connectivity index (χ2v) is 4.52. The Labute approximate surface area is 116 Å². The van der Waals surface area contributed by atoms with E-state index in [1.54, 1.807) is 12.1 Å². The Kier molecular flexibility index (Phi) is 4.68. The maximum atomic E-state index is 12.0. The van der Waals surface area contributed by atoms with Crippen molar-refractivity contribution < 1.29 is 4.79 Å². The van der Waals surface area contributed by atoms with Gasteiger partial charge in [0.2, 0.25) is 5.56 Å². The van der Waals surface area contributed by atoms with Crippen LogP contribution in [0.1, 0.15) is 16.1 Å². The average Bonchev–Trinajstić information content (AvgIpc) is 2.47. The summed E-state index contributed by atoms with van der Waals surface area (Å²) in [5.74, 6) is -0.325. The molecule has 0 saturated carbocycles. The largest absolute Gasteiger partial charge is 0.346 e. The van der Waals surface area contributed by atoms with Crippen LogP contribution >= 0.6 is 0 Å². The molecule has 0 radical (unpaired) electrons. The standard InChI is InChI=1S/C15H17N3O2/c16-10-12(9-11-5-2-1-3-6-11)17-15(20)13-7-4-8-14(19)18-13/h1-8,12H,9-10,16H2,(H,17,20)(H,18,19). The van der Waals surface area contributed by atoms with Crippen LogP contribution in [0.25, 0.3) is 0 Å². The van der Waals surface area contributed by atoms with E-state index in [0.29, 0.717) is 13.0 Å². The molecule has 0 fully saturated rings. The van der Waals surface area contributed by atoms with E-state index in [-0.39, 0.29) is 23.2 Å². The third kappa shape index (κ3) is 3.80. The highest BCUT2D eigenvalue weighted by molar-refractivity contribution is 5.92. The monoisotopic (exact) mass is 271 g/mol. The number of hydrogen-bond donors (Lipinski definition) is 3. The van der Waals surface area contributed by atoms with Crippen molar-refractivity contribution in [3.05, 3.63) is 70.1 Å². The van der Waals surface area contributed by atoms with E-state index < -0.39 is 0 Å². The van der Waals surface area contributed by atoms with Crippen molar-refractivity contribution in [2.24, 2.45) is 5.73 Å². The molecule has 1 amide bonds. The fourth-order valence-electron chi connectivity index (χ4n) is 1.94. The smallest absolute Gasteiger partial charge is 0.268 e. The Balaban J connectivity index is 2.03. The molecule has 2 aromatic rings. The lowest BCUT2D eigenvalue weighted by Gasteiger charge is -2.16. The minimum atomic E-state index is -0.325. The first kappa shape index (κ1) is 14.0. The molecule has 0 aliphatic carbocycles. The van der Waals surface area contributed by atoms with Gasteiger partial charge in [0, 0.05) is 18.7 Å². The van der Waals surface area contributed by atoms with Crippen LogP contribution < -0.4 is 16.6 Å². The molecule has 0 saturated heterocycles. The molecule has 0 bridgehead atoms. The first-order valence-corrected chi connectivity index (χ1v) is 6.43. The maximum Gasteiger partial charge on any atom is 0.268 e. The van der Waals surface area contributed by atoms with Crippen molar-refractivity contribution in [3.63, 3.8) is 0 Å². The number of amides is 1. The number of aromatic nitrogens is 1. The Morgan fingerprint density at radius 1 is 1.15 bits per heavy atom. The Bertz CT molecular complexity index is 622. The van der Waals surface area contributed by atoms with Gasteiger partial charge in [-0.25, -0.2) is 0 Å². The second-order valence-electron chi connectivity index (χ2n) is 4.52. The van der Waals surface area contributed by atoms with Crippen LogP contribution in [0.5, 0.6) is 0 Å². The lowest BCUT2D eigenvalue weighted by Crippen LogP contribution is -2.42. The first-order chi connectivity index (χ1) is 9.69. The highest BCUT2D eigenvalue weighted by Crippen LogP contribution is 2.03. The summed E-state index contributed by atoms with van der Waals surface area (Å²) in [6.07, 6.45) is 0.653. The molecule has 2 rings (SSSR count). The summed E-state index contributed by atoms with van der Waals surface area (Å²) in [6.45, 7) is 0.331. The van der Waals surface area contributed by atoms with Gasteiger partial charge in [0.05, 0.1) is 0 Å². The Morgan fingerprint density at radius 3 is 2.55 bits per heavy atom. The van der Waals surface area contributed by atoms with Gasteiger partial charge in [-0.2, -0.15) is 0 Å². The van der Waals surface area contributed by atoms with E-state index in [1.165, 1.54) is 6.07 Å². The number of carbonyl (C=O) groups excluding carboxylic acids is 1. The fraction of sp³-hybridized carbons (Fsp3) is 0.200. The Hall–Kier alpha value is -2.40. The highest BCUT2D eigenvalue weighted by Gasteiger charge is 2.13. The SMILES string of the molecule is NCC(Cc1ccccc1)NC(=O)c1cccc(=O)[nH]1. The van der Waals surface area contributed by atoms with Gasteiger partial charge in [-0.3, -0.25) is 9.59 Å². The molecule has 104 valence electrons. The number of aromatic amines is 1. The summed E-state index contributed by atoms with van der Waals surface area (Å²) < 4.78 is 0. The van der Waals surface area contributed by atoms with Crippen LogP contribution in [0.4, 0.5) is 0 Å². The van der Waals surface area contributed by atoms with Gasteiger partial charge in [0.15, 0.2) is 0 Å². The van der Waals surface area contributed by atoms with Crippen molar-refractivity contribution in [1.82, 2.24) is 10.3 Å². The summed E-state index contributed by atoms with van der Waals surface area (Å²) >= 11 is 0. The number of pyridine rings is 1. The summed E-state index contributed by atoms with van der Waals surface area (Å²) in [6, 6.07) is 14.1. The van der Waals surface area contributed by atoms with Gasteiger partial charge >= 0.3 is 0 Å². The quantitative estimate of drug-likeness (QED) is 0.747. The second kappa shape index (κ2) is 6.68. The number of hydrogen-bond acceptors (Lipinski definition) is 3. The van der Waals surface area contributed by atoms with Crippen molar-refractivity contribution in [1.29, 1.82) is 0 Å². The van der Waals surface area contributed by atoms with Crippen molar-refractivity contribution in [2.45, 2.75) is 12.5 Å². The van der Waals surface area contributed by atoms with E-state index in [1.807, 2.05) is 30.3 Å². The molecular weight excluding hydrogens is 254 g/mol. The topological polar surface area (TPSA) is 88.0 Å². The number of nitrogens with two attached hydrogens (primary N) is 1. The molecule has 0 aliphatic heterocycles. The lowest BCUT2D eigenvalue weighted by molar-refractivity contribution is 0.0933. The predicted molar refractivity (Wildman–Crippen MR) is 77.5 cm³/mol. The molecule has 0 spiro atoms. The summed E-state index contributed by atoms with van der Waals surface area (Å²) in [7, 11) is 0. The van der Waals surface area contributed by atoms with E-state index in [0.717, 1.165) is 5.56 Å². The van der Waals surface area contributed by atoms with Gasteiger partial charge < -0.3 is 16.0 Å². The van der Waals surface area contributed by atoms with Gasteiger partial charge in [-0.15, -0.1) is 0 Å². The van der Waals surface area contributed by atoms with Crippen LogP contribution in [0.2, 0.25) is 0 Å². The predicted octanol–water partition coefficient (Wildman–Crippen LogP) is 0.675. The number of H-pyrrole nitrogens is 1. The molecule has 4 N–H and O–H groups in total. The van der Waals surface area contributed by atoms with Gasteiger partial charge in [-0.1, -0.05) is 36.4 Å². The molecule has 1 atom stereocenters. The minimum Gasteiger partial charge on any atom is -0.346 e. The van der Waals surface area contributed by atoms with Crippen LogP contribution in [-0.4, -0.2) is 23.5 Å². The van der Waals surface area contributed by atoms with Crippen molar-refractivity contribution >= 4 is 5.91 Å². The number of rotatable bonds is 5. The van der Waals surface area contributed by atoms with Crippen LogP contribution in [0, 0.1) is 0 Å². The minimum absolute atomic E-state index is 0.173. The van der Waals surface area contributed by atoms with Crippen molar-refractivity contribution in [2.75, 3.05) is 6.54 Å². The summed E-state index contributed by atoms with van der Waals surface area (Å²) in [4.78, 5) is 25.7. The van der Waals surface area contributed by atoms with Crippen LogP contribution in [0.15, 0.2) is 53.3 Å². The van der Waals surface area contributed by atoms with E-state index in [4.69, 9.17) is 5.73 Å². The van der Waals surface area contributed by atoms with Gasteiger partial charge in [-0.05, 0) is 18.1 Å². The molecular formula is C15H17N3O2.